The second-order valence-electron chi connectivity index (χ2n) is 5.32. The summed E-state index contributed by atoms with van der Waals surface area (Å²) in [6.07, 6.45) is 3.98. The molecule has 0 amide bonds. The Morgan fingerprint density at radius 3 is 2.76 bits per heavy atom. The number of nitrogens with zero attached hydrogens (tertiary/aromatic N) is 2. The normalized spacial score (nSPS) is 17.8. The first-order chi connectivity index (χ1) is 10.0. The third-order valence-corrected chi connectivity index (χ3v) is 5.19. The maximum atomic E-state index is 12.4. The molecule has 2 rings (SSSR count). The molecule has 1 saturated heterocycles. The van der Waals surface area contributed by atoms with Crippen LogP contribution >= 0.6 is 0 Å². The van der Waals surface area contributed by atoms with Crippen LogP contribution in [0.5, 0.6) is 0 Å². The Morgan fingerprint density at radius 1 is 1.38 bits per heavy atom. The van der Waals surface area contributed by atoms with Gasteiger partial charge in [-0.3, -0.25) is 4.90 Å². The number of hydrogen-bond acceptors (Lipinski definition) is 5. The zero-order chi connectivity index (χ0) is 15.3. The van der Waals surface area contributed by atoms with E-state index in [2.05, 4.69) is 26.8 Å². The molecule has 1 fully saturated rings. The second-order valence-corrected chi connectivity index (χ2v) is 7.06. The summed E-state index contributed by atoms with van der Waals surface area (Å²) in [4.78, 5) is 6.62. The standard InChI is InChI=1S/C14H24N4O2S/c1-3-15-14-13(7-6-8-16-14)21(19,20)17-11-12(2)18-9-4-5-10-18/h6-8,12,17H,3-5,9-11H2,1-2H3,(H,15,16). The quantitative estimate of drug-likeness (QED) is 0.793. The summed E-state index contributed by atoms with van der Waals surface area (Å²) in [5.74, 6) is 0.404. The highest BCUT2D eigenvalue weighted by Gasteiger charge is 2.23. The van der Waals surface area contributed by atoms with Gasteiger partial charge in [0.1, 0.15) is 10.7 Å². The van der Waals surface area contributed by atoms with Gasteiger partial charge in [0, 0.05) is 25.3 Å². The molecule has 0 aromatic carbocycles. The third kappa shape index (κ3) is 4.15. The summed E-state index contributed by atoms with van der Waals surface area (Å²) in [6, 6.07) is 3.43. The van der Waals surface area contributed by atoms with Gasteiger partial charge in [-0.05, 0) is 51.9 Å². The van der Waals surface area contributed by atoms with Gasteiger partial charge in [0.2, 0.25) is 10.0 Å². The first-order valence-corrected chi connectivity index (χ1v) is 8.95. The van der Waals surface area contributed by atoms with Gasteiger partial charge in [-0.1, -0.05) is 0 Å². The lowest BCUT2D eigenvalue weighted by Gasteiger charge is -2.24. The maximum Gasteiger partial charge on any atom is 0.244 e. The Bertz CT molecular complexity index is 556. The predicted molar refractivity (Wildman–Crippen MR) is 83.9 cm³/mol. The summed E-state index contributed by atoms with van der Waals surface area (Å²) in [7, 11) is -3.54. The van der Waals surface area contributed by atoms with E-state index in [1.54, 1.807) is 18.3 Å². The number of sulfonamides is 1. The molecule has 1 aliphatic heterocycles. The van der Waals surface area contributed by atoms with E-state index in [9.17, 15) is 8.42 Å². The number of aromatic nitrogens is 1. The van der Waals surface area contributed by atoms with Crippen molar-refractivity contribution in [1.29, 1.82) is 0 Å². The third-order valence-electron chi connectivity index (χ3n) is 3.74. The largest absolute Gasteiger partial charge is 0.369 e. The van der Waals surface area contributed by atoms with Gasteiger partial charge < -0.3 is 5.32 Å². The second kappa shape index (κ2) is 7.20. The minimum absolute atomic E-state index is 0.209. The predicted octanol–water partition coefficient (Wildman–Crippen LogP) is 1.28. The summed E-state index contributed by atoms with van der Waals surface area (Å²) in [5.41, 5.74) is 0. The molecule has 1 unspecified atom stereocenters. The van der Waals surface area contributed by atoms with Gasteiger partial charge in [0.05, 0.1) is 0 Å². The van der Waals surface area contributed by atoms with Crippen molar-refractivity contribution in [3.05, 3.63) is 18.3 Å². The monoisotopic (exact) mass is 312 g/mol. The first kappa shape index (κ1) is 16.2. The van der Waals surface area contributed by atoms with Crippen molar-refractivity contribution in [3.8, 4) is 0 Å². The smallest absolute Gasteiger partial charge is 0.244 e. The highest BCUT2D eigenvalue weighted by Crippen LogP contribution is 2.18. The molecular formula is C14H24N4O2S. The molecule has 1 atom stereocenters. The van der Waals surface area contributed by atoms with Crippen molar-refractivity contribution in [2.45, 2.75) is 37.6 Å². The van der Waals surface area contributed by atoms with Gasteiger partial charge in [0.25, 0.3) is 0 Å². The van der Waals surface area contributed by atoms with Crippen LogP contribution in [-0.4, -0.2) is 50.5 Å². The minimum Gasteiger partial charge on any atom is -0.369 e. The molecule has 0 bridgehead atoms. The van der Waals surface area contributed by atoms with Gasteiger partial charge >= 0.3 is 0 Å². The van der Waals surface area contributed by atoms with E-state index in [0.717, 1.165) is 13.1 Å². The van der Waals surface area contributed by atoms with Crippen molar-refractivity contribution in [2.75, 3.05) is 31.5 Å². The van der Waals surface area contributed by atoms with E-state index in [1.807, 2.05) is 6.92 Å². The zero-order valence-corrected chi connectivity index (χ0v) is 13.5. The molecule has 6 nitrogen and oxygen atoms in total. The van der Waals surface area contributed by atoms with Crippen LogP contribution in [0.4, 0.5) is 5.82 Å². The Labute approximate surface area is 127 Å². The van der Waals surface area contributed by atoms with E-state index < -0.39 is 10.0 Å². The molecule has 1 aromatic heterocycles. The van der Waals surface area contributed by atoms with Crippen LogP contribution in [0.25, 0.3) is 0 Å². The molecule has 2 N–H and O–H groups in total. The number of likely N-dealkylation sites (tertiary alicyclic amines) is 1. The van der Waals surface area contributed by atoms with Crippen LogP contribution in [-0.2, 0) is 10.0 Å². The topological polar surface area (TPSA) is 74.3 Å². The van der Waals surface area contributed by atoms with Crippen LogP contribution in [0, 0.1) is 0 Å². The summed E-state index contributed by atoms with van der Waals surface area (Å²) >= 11 is 0. The molecule has 1 aromatic rings. The van der Waals surface area contributed by atoms with E-state index in [0.29, 0.717) is 18.9 Å². The highest BCUT2D eigenvalue weighted by molar-refractivity contribution is 7.89. The number of nitrogens with one attached hydrogen (secondary N) is 2. The Kier molecular flexibility index (Phi) is 5.55. The van der Waals surface area contributed by atoms with Crippen LogP contribution in [0.3, 0.4) is 0 Å². The van der Waals surface area contributed by atoms with Crippen molar-refractivity contribution in [2.24, 2.45) is 0 Å². The lowest BCUT2D eigenvalue weighted by molar-refractivity contribution is 0.260. The van der Waals surface area contributed by atoms with Crippen LogP contribution < -0.4 is 10.0 Å². The molecule has 0 aliphatic carbocycles. The van der Waals surface area contributed by atoms with E-state index in [-0.39, 0.29) is 10.9 Å². The highest BCUT2D eigenvalue weighted by atomic mass is 32.2. The fourth-order valence-corrected chi connectivity index (χ4v) is 3.78. The fraction of sp³-hybridized carbons (Fsp3) is 0.643. The molecular weight excluding hydrogens is 288 g/mol. The molecule has 0 radical (unpaired) electrons. The Morgan fingerprint density at radius 2 is 2.10 bits per heavy atom. The summed E-state index contributed by atoms with van der Waals surface area (Å²) in [5, 5.41) is 2.98. The number of hydrogen-bond donors (Lipinski definition) is 2. The summed E-state index contributed by atoms with van der Waals surface area (Å²) in [6.45, 7) is 7.12. The SMILES string of the molecule is CCNc1ncccc1S(=O)(=O)NCC(C)N1CCCC1. The molecule has 2 heterocycles. The van der Waals surface area contributed by atoms with Crippen LogP contribution in [0.1, 0.15) is 26.7 Å². The molecule has 0 spiro atoms. The van der Waals surface area contributed by atoms with Gasteiger partial charge in [-0.2, -0.15) is 0 Å². The van der Waals surface area contributed by atoms with Crippen molar-refractivity contribution < 1.29 is 8.42 Å². The van der Waals surface area contributed by atoms with Crippen molar-refractivity contribution in [1.82, 2.24) is 14.6 Å². The average molecular weight is 312 g/mol. The van der Waals surface area contributed by atoms with Gasteiger partial charge in [-0.25, -0.2) is 18.1 Å². The Hall–Kier alpha value is -1.18. The van der Waals surface area contributed by atoms with Gasteiger partial charge in [0.15, 0.2) is 0 Å². The van der Waals surface area contributed by atoms with E-state index in [1.165, 1.54) is 12.8 Å². The fourth-order valence-electron chi connectivity index (χ4n) is 2.53. The summed E-state index contributed by atoms with van der Waals surface area (Å²) < 4.78 is 27.6. The average Bonchev–Trinajstić information content (AvgIpc) is 3.00. The minimum atomic E-state index is -3.54. The number of anilines is 1. The number of rotatable bonds is 7. The molecule has 7 heteroatoms. The number of pyridine rings is 1. The van der Waals surface area contributed by atoms with Gasteiger partial charge in [-0.15, -0.1) is 0 Å². The molecule has 1 aliphatic rings. The van der Waals surface area contributed by atoms with Crippen LogP contribution in [0.2, 0.25) is 0 Å². The van der Waals surface area contributed by atoms with Crippen molar-refractivity contribution >= 4 is 15.8 Å². The lowest BCUT2D eigenvalue weighted by Crippen LogP contribution is -2.40. The zero-order valence-electron chi connectivity index (χ0n) is 12.7. The maximum absolute atomic E-state index is 12.4. The molecule has 118 valence electrons. The first-order valence-electron chi connectivity index (χ1n) is 7.47. The van der Waals surface area contributed by atoms with E-state index >= 15 is 0 Å². The Balaban J connectivity index is 2.04. The van der Waals surface area contributed by atoms with Crippen LogP contribution in [0.15, 0.2) is 23.2 Å². The molecule has 0 saturated carbocycles. The lowest BCUT2D eigenvalue weighted by atomic mass is 10.3. The van der Waals surface area contributed by atoms with Crippen molar-refractivity contribution in [3.63, 3.8) is 0 Å². The van der Waals surface area contributed by atoms with E-state index in [4.69, 9.17) is 0 Å². The molecule has 21 heavy (non-hydrogen) atoms.